The monoisotopic (exact) mass is 538 g/mol. The molecule has 0 atom stereocenters. The lowest BCUT2D eigenvalue weighted by Crippen LogP contribution is -2.44. The molecule has 12 heteroatoms. The van der Waals surface area contributed by atoms with Crippen LogP contribution in [0.2, 0.25) is 0 Å². The van der Waals surface area contributed by atoms with E-state index < -0.39 is 0 Å². The molecule has 0 bridgehead atoms. The standard InChI is InChI=1S/C28H30N10O2/c1-35-12-14-36(15-13-35)21-8-6-20(7-9-21)32-28-31-18-22-26(34-28)38(37(27(22)39)16-17-40-2)25-5-3-4-23(33-25)24-19-29-10-11-30-24/h3-11,18-19H,12-17H2,1-2H3,(H,31,32,34). The molecule has 40 heavy (non-hydrogen) atoms. The number of fused-ring (bicyclic) bond motifs is 1. The number of hydrogen-bond acceptors (Lipinski definition) is 10. The Kier molecular flexibility index (Phi) is 7.17. The highest BCUT2D eigenvalue weighted by Crippen LogP contribution is 2.23. The van der Waals surface area contributed by atoms with Gasteiger partial charge in [-0.2, -0.15) is 4.98 Å². The zero-order valence-corrected chi connectivity index (χ0v) is 22.4. The van der Waals surface area contributed by atoms with Crippen molar-refractivity contribution in [3.05, 3.63) is 77.6 Å². The quantitative estimate of drug-likeness (QED) is 0.316. The van der Waals surface area contributed by atoms with E-state index in [-0.39, 0.29) is 5.56 Å². The Morgan fingerprint density at radius 3 is 2.50 bits per heavy atom. The first-order chi connectivity index (χ1) is 19.6. The predicted molar refractivity (Wildman–Crippen MR) is 153 cm³/mol. The van der Waals surface area contributed by atoms with E-state index in [1.807, 2.05) is 30.3 Å². The first-order valence-electron chi connectivity index (χ1n) is 13.1. The van der Waals surface area contributed by atoms with E-state index in [0.717, 1.165) is 31.9 Å². The van der Waals surface area contributed by atoms with Crippen molar-refractivity contribution in [2.75, 3.05) is 57.2 Å². The fraction of sp³-hybridized carbons (Fsp3) is 0.286. The van der Waals surface area contributed by atoms with Gasteiger partial charge in [-0.3, -0.25) is 14.8 Å². The van der Waals surface area contributed by atoms with Crippen LogP contribution in [0.15, 0.2) is 72.0 Å². The maximum atomic E-state index is 13.4. The normalized spacial score (nSPS) is 14.1. The van der Waals surface area contributed by atoms with E-state index in [1.54, 1.807) is 41.3 Å². The molecule has 0 spiro atoms. The van der Waals surface area contributed by atoms with Gasteiger partial charge in [-0.25, -0.2) is 19.3 Å². The van der Waals surface area contributed by atoms with Gasteiger partial charge in [0.1, 0.15) is 11.1 Å². The Morgan fingerprint density at radius 2 is 1.75 bits per heavy atom. The smallest absolute Gasteiger partial charge is 0.278 e. The lowest BCUT2D eigenvalue weighted by atomic mass is 10.2. The molecule has 6 rings (SSSR count). The highest BCUT2D eigenvalue weighted by molar-refractivity contribution is 5.77. The van der Waals surface area contributed by atoms with Crippen LogP contribution in [0.3, 0.4) is 0 Å². The first-order valence-corrected chi connectivity index (χ1v) is 13.1. The van der Waals surface area contributed by atoms with E-state index >= 15 is 0 Å². The van der Waals surface area contributed by atoms with Crippen LogP contribution in [0.5, 0.6) is 0 Å². The lowest BCUT2D eigenvalue weighted by molar-refractivity contribution is 0.180. The number of anilines is 3. The molecule has 0 radical (unpaired) electrons. The van der Waals surface area contributed by atoms with Crippen molar-refractivity contribution in [1.29, 1.82) is 0 Å². The van der Waals surface area contributed by atoms with Crippen molar-refractivity contribution < 1.29 is 4.74 Å². The zero-order valence-electron chi connectivity index (χ0n) is 22.4. The molecule has 4 aromatic heterocycles. The fourth-order valence-electron chi connectivity index (χ4n) is 4.77. The number of likely N-dealkylation sites (N-methyl/N-ethyl adjacent to an activating group) is 1. The van der Waals surface area contributed by atoms with Crippen LogP contribution in [0, 0.1) is 0 Å². The van der Waals surface area contributed by atoms with E-state index in [1.165, 1.54) is 5.69 Å². The Labute approximate surface area is 230 Å². The Bertz CT molecular complexity index is 1660. The molecule has 0 saturated carbocycles. The summed E-state index contributed by atoms with van der Waals surface area (Å²) in [4.78, 5) is 40.6. The van der Waals surface area contributed by atoms with Gasteiger partial charge in [-0.1, -0.05) is 6.07 Å². The predicted octanol–water partition coefficient (Wildman–Crippen LogP) is 2.58. The molecule has 0 aliphatic carbocycles. The van der Waals surface area contributed by atoms with Crippen molar-refractivity contribution >= 4 is 28.4 Å². The largest absolute Gasteiger partial charge is 0.383 e. The van der Waals surface area contributed by atoms with Crippen LogP contribution in [0.1, 0.15) is 0 Å². The van der Waals surface area contributed by atoms with Crippen molar-refractivity contribution in [2.24, 2.45) is 0 Å². The summed E-state index contributed by atoms with van der Waals surface area (Å²) < 4.78 is 8.55. The van der Waals surface area contributed by atoms with Crippen LogP contribution < -0.4 is 15.8 Å². The van der Waals surface area contributed by atoms with Gasteiger partial charge in [-0.05, 0) is 43.4 Å². The van der Waals surface area contributed by atoms with Crippen LogP contribution in [0.25, 0.3) is 28.2 Å². The van der Waals surface area contributed by atoms with E-state index in [2.05, 4.69) is 49.2 Å². The molecule has 1 aliphatic heterocycles. The summed E-state index contributed by atoms with van der Waals surface area (Å²) >= 11 is 0. The minimum Gasteiger partial charge on any atom is -0.383 e. The average Bonchev–Trinajstić information content (AvgIpc) is 3.27. The van der Waals surface area contributed by atoms with Gasteiger partial charge in [0.25, 0.3) is 5.56 Å². The molecule has 1 aromatic carbocycles. The third-order valence-corrected chi connectivity index (χ3v) is 6.95. The number of nitrogens with zero attached hydrogens (tertiary/aromatic N) is 9. The minimum absolute atomic E-state index is 0.221. The molecular formula is C28H30N10O2. The van der Waals surface area contributed by atoms with E-state index in [9.17, 15) is 4.79 Å². The highest BCUT2D eigenvalue weighted by Gasteiger charge is 2.19. The van der Waals surface area contributed by atoms with Crippen molar-refractivity contribution in [3.8, 4) is 17.2 Å². The van der Waals surface area contributed by atoms with Crippen LogP contribution >= 0.6 is 0 Å². The molecule has 1 fully saturated rings. The molecule has 0 unspecified atom stereocenters. The summed E-state index contributed by atoms with van der Waals surface area (Å²) in [5.41, 5.74) is 3.52. The van der Waals surface area contributed by atoms with Gasteiger partial charge < -0.3 is 19.9 Å². The molecule has 5 aromatic rings. The topological polar surface area (TPSA) is 119 Å². The maximum absolute atomic E-state index is 13.4. The number of ether oxygens (including phenoxy) is 1. The number of hydrogen-bond donors (Lipinski definition) is 1. The molecule has 1 aliphatic rings. The van der Waals surface area contributed by atoms with Crippen molar-refractivity contribution in [2.45, 2.75) is 6.54 Å². The number of piperazine rings is 1. The molecule has 12 nitrogen and oxygen atoms in total. The Morgan fingerprint density at radius 1 is 0.925 bits per heavy atom. The molecule has 5 heterocycles. The van der Waals surface area contributed by atoms with Crippen LogP contribution in [-0.2, 0) is 11.3 Å². The molecule has 0 amide bonds. The molecule has 1 N–H and O–H groups in total. The summed E-state index contributed by atoms with van der Waals surface area (Å²) in [5.74, 6) is 0.898. The number of pyridine rings is 1. The molecular weight excluding hydrogens is 508 g/mol. The third kappa shape index (κ3) is 5.14. The van der Waals surface area contributed by atoms with Gasteiger partial charge in [-0.15, -0.1) is 0 Å². The van der Waals surface area contributed by atoms with Crippen LogP contribution in [0.4, 0.5) is 17.3 Å². The number of methoxy groups -OCH3 is 1. The fourth-order valence-corrected chi connectivity index (χ4v) is 4.77. The second kappa shape index (κ2) is 11.2. The van der Waals surface area contributed by atoms with Crippen LogP contribution in [-0.4, -0.2) is 86.1 Å². The summed E-state index contributed by atoms with van der Waals surface area (Å²) in [5, 5.41) is 3.67. The Balaban J connectivity index is 1.35. The second-order valence-corrected chi connectivity index (χ2v) is 9.60. The average molecular weight is 539 g/mol. The van der Waals surface area contributed by atoms with Gasteiger partial charge in [0.2, 0.25) is 5.95 Å². The zero-order chi connectivity index (χ0) is 27.5. The second-order valence-electron chi connectivity index (χ2n) is 9.60. The minimum atomic E-state index is -0.221. The van der Waals surface area contributed by atoms with Gasteiger partial charge in [0.05, 0.1) is 25.0 Å². The summed E-state index contributed by atoms with van der Waals surface area (Å²) in [6.45, 7) is 4.78. The number of aromatic nitrogens is 7. The highest BCUT2D eigenvalue weighted by atomic mass is 16.5. The first kappa shape index (κ1) is 25.6. The van der Waals surface area contributed by atoms with Gasteiger partial charge in [0, 0.05) is 63.3 Å². The van der Waals surface area contributed by atoms with Gasteiger partial charge in [0.15, 0.2) is 11.5 Å². The lowest BCUT2D eigenvalue weighted by Gasteiger charge is -2.34. The van der Waals surface area contributed by atoms with E-state index in [0.29, 0.717) is 47.3 Å². The molecule has 204 valence electrons. The number of benzene rings is 1. The third-order valence-electron chi connectivity index (χ3n) is 6.95. The summed E-state index contributed by atoms with van der Waals surface area (Å²) in [6, 6.07) is 13.8. The van der Waals surface area contributed by atoms with Crippen molar-refractivity contribution in [3.63, 3.8) is 0 Å². The van der Waals surface area contributed by atoms with Gasteiger partial charge >= 0.3 is 0 Å². The SMILES string of the molecule is COCCn1c(=O)c2cnc(Nc3ccc(N4CCN(C)CC4)cc3)nc2n1-c1cccc(-c2cnccn2)n1. The maximum Gasteiger partial charge on any atom is 0.278 e. The Hall–Kier alpha value is -4.68. The number of rotatable bonds is 8. The number of nitrogens with one attached hydrogen (secondary N) is 1. The summed E-state index contributed by atoms with van der Waals surface area (Å²) in [7, 11) is 3.75. The van der Waals surface area contributed by atoms with Crippen molar-refractivity contribution in [1.82, 2.24) is 39.2 Å². The molecule has 1 saturated heterocycles. The summed E-state index contributed by atoms with van der Waals surface area (Å²) in [6.07, 6.45) is 6.43. The van der Waals surface area contributed by atoms with E-state index in [4.69, 9.17) is 14.7 Å².